The Morgan fingerprint density at radius 2 is 2.33 bits per heavy atom. The highest BCUT2D eigenvalue weighted by Crippen LogP contribution is 2.20. The second kappa shape index (κ2) is 5.90. The Hall–Kier alpha value is -2.24. The smallest absolute Gasteiger partial charge is 0.239 e. The molecule has 0 radical (unpaired) electrons. The van der Waals surface area contributed by atoms with Gasteiger partial charge in [0.25, 0.3) is 0 Å². The Balaban J connectivity index is 1.90. The molecule has 0 spiro atoms. The van der Waals surface area contributed by atoms with E-state index in [2.05, 4.69) is 20.3 Å². The fourth-order valence-electron chi connectivity index (χ4n) is 1.55. The molecule has 0 aliphatic heterocycles. The number of anilines is 2. The van der Waals surface area contributed by atoms with E-state index >= 15 is 0 Å². The third kappa shape index (κ3) is 3.13. The van der Waals surface area contributed by atoms with Gasteiger partial charge < -0.3 is 20.8 Å². The van der Waals surface area contributed by atoms with Crippen molar-refractivity contribution in [3.05, 3.63) is 30.4 Å². The Morgan fingerprint density at radius 1 is 1.44 bits per heavy atom. The zero-order chi connectivity index (χ0) is 12.8. The van der Waals surface area contributed by atoms with Crippen LogP contribution in [0.5, 0.6) is 5.88 Å². The average Bonchev–Trinajstić information content (AvgIpc) is 2.87. The first-order valence-corrected chi connectivity index (χ1v) is 5.91. The van der Waals surface area contributed by atoms with Crippen LogP contribution in [0.4, 0.5) is 11.5 Å². The number of hydrogen-bond acceptors (Lipinski definition) is 5. The minimum absolute atomic E-state index is 0.473. The Kier molecular flexibility index (Phi) is 4.01. The topological polar surface area (TPSA) is 88.8 Å². The summed E-state index contributed by atoms with van der Waals surface area (Å²) in [5.74, 6) is 2.17. The number of hydrogen-bond donors (Lipinski definition) is 3. The minimum Gasteiger partial charge on any atom is -0.476 e. The molecule has 0 aliphatic rings. The van der Waals surface area contributed by atoms with Crippen LogP contribution >= 0.6 is 0 Å². The number of nitrogen functional groups attached to an aromatic ring is 1. The maximum atomic E-state index is 5.75. The SMILES string of the molecule is CCOc1nc(NCCc2ncc[nH]2)ccc1N. The van der Waals surface area contributed by atoms with Crippen molar-refractivity contribution in [1.29, 1.82) is 0 Å². The first-order chi connectivity index (χ1) is 8.79. The number of pyridine rings is 1. The van der Waals surface area contributed by atoms with Crippen molar-refractivity contribution in [1.82, 2.24) is 15.0 Å². The molecule has 4 N–H and O–H groups in total. The monoisotopic (exact) mass is 247 g/mol. The molecule has 0 atom stereocenters. The van der Waals surface area contributed by atoms with Crippen molar-refractivity contribution < 1.29 is 4.74 Å². The van der Waals surface area contributed by atoms with E-state index in [1.54, 1.807) is 12.3 Å². The van der Waals surface area contributed by atoms with Crippen LogP contribution in [-0.2, 0) is 6.42 Å². The molecule has 6 heteroatoms. The van der Waals surface area contributed by atoms with Crippen LogP contribution in [0.1, 0.15) is 12.7 Å². The van der Waals surface area contributed by atoms with Crippen molar-refractivity contribution >= 4 is 11.5 Å². The van der Waals surface area contributed by atoms with E-state index in [1.807, 2.05) is 19.2 Å². The number of imidazole rings is 1. The van der Waals surface area contributed by atoms with E-state index in [0.717, 1.165) is 24.6 Å². The lowest BCUT2D eigenvalue weighted by molar-refractivity contribution is 0.329. The summed E-state index contributed by atoms with van der Waals surface area (Å²) < 4.78 is 5.33. The highest BCUT2D eigenvalue weighted by Gasteiger charge is 2.03. The van der Waals surface area contributed by atoms with Crippen LogP contribution < -0.4 is 15.8 Å². The maximum Gasteiger partial charge on any atom is 0.239 e. The molecule has 96 valence electrons. The molecule has 0 aromatic carbocycles. The normalized spacial score (nSPS) is 10.3. The van der Waals surface area contributed by atoms with Crippen molar-refractivity contribution in [2.75, 3.05) is 24.2 Å². The van der Waals surface area contributed by atoms with Gasteiger partial charge in [-0.2, -0.15) is 4.98 Å². The van der Waals surface area contributed by atoms with Crippen LogP contribution in [0.2, 0.25) is 0 Å². The van der Waals surface area contributed by atoms with E-state index in [9.17, 15) is 0 Å². The van der Waals surface area contributed by atoms with Crippen LogP contribution in [0.25, 0.3) is 0 Å². The summed E-state index contributed by atoms with van der Waals surface area (Å²) in [5, 5.41) is 3.20. The lowest BCUT2D eigenvalue weighted by Crippen LogP contribution is -2.08. The van der Waals surface area contributed by atoms with Crippen molar-refractivity contribution in [2.24, 2.45) is 0 Å². The molecule has 2 aromatic heterocycles. The third-order valence-electron chi connectivity index (χ3n) is 2.39. The Bertz CT molecular complexity index is 483. The number of rotatable bonds is 6. The molecular weight excluding hydrogens is 230 g/mol. The molecule has 2 aromatic rings. The summed E-state index contributed by atoms with van der Waals surface area (Å²) in [6.45, 7) is 3.20. The fraction of sp³-hybridized carbons (Fsp3) is 0.333. The average molecular weight is 247 g/mol. The van der Waals surface area contributed by atoms with E-state index < -0.39 is 0 Å². The highest BCUT2D eigenvalue weighted by atomic mass is 16.5. The number of H-pyrrole nitrogens is 1. The molecule has 0 amide bonds. The lowest BCUT2D eigenvalue weighted by atomic mass is 10.3. The van der Waals surface area contributed by atoms with E-state index in [4.69, 9.17) is 10.5 Å². The van der Waals surface area contributed by atoms with Gasteiger partial charge >= 0.3 is 0 Å². The predicted octanol–water partition coefficient (Wildman–Crippen LogP) is 1.44. The summed E-state index contributed by atoms with van der Waals surface area (Å²) in [6.07, 6.45) is 4.36. The number of aromatic nitrogens is 3. The zero-order valence-corrected chi connectivity index (χ0v) is 10.3. The molecule has 2 rings (SSSR count). The molecule has 0 fully saturated rings. The second-order valence-corrected chi connectivity index (χ2v) is 3.74. The minimum atomic E-state index is 0.473. The van der Waals surface area contributed by atoms with Gasteiger partial charge in [0, 0.05) is 25.4 Å². The summed E-state index contributed by atoms with van der Waals surface area (Å²) in [4.78, 5) is 11.5. The Morgan fingerprint density at radius 3 is 3.06 bits per heavy atom. The van der Waals surface area contributed by atoms with Gasteiger partial charge in [0.2, 0.25) is 5.88 Å². The standard InChI is InChI=1S/C12H17N5O/c1-2-18-12-9(13)3-4-11(17-12)14-6-5-10-15-7-8-16-10/h3-4,7-8H,2,5-6,13H2,1H3,(H,14,17)(H,15,16). The first kappa shape index (κ1) is 12.2. The predicted molar refractivity (Wildman–Crippen MR) is 70.6 cm³/mol. The van der Waals surface area contributed by atoms with Crippen LogP contribution in [0, 0.1) is 0 Å². The molecule has 0 unspecified atom stereocenters. The van der Waals surface area contributed by atoms with Crippen molar-refractivity contribution in [2.45, 2.75) is 13.3 Å². The molecule has 0 bridgehead atoms. The maximum absolute atomic E-state index is 5.75. The third-order valence-corrected chi connectivity index (χ3v) is 2.39. The molecule has 2 heterocycles. The summed E-state index contributed by atoms with van der Waals surface area (Å²) in [6, 6.07) is 3.62. The largest absolute Gasteiger partial charge is 0.476 e. The summed E-state index contributed by atoms with van der Waals surface area (Å²) in [7, 11) is 0. The second-order valence-electron chi connectivity index (χ2n) is 3.74. The van der Waals surface area contributed by atoms with Crippen molar-refractivity contribution in [3.8, 4) is 5.88 Å². The number of nitrogens with two attached hydrogens (primary N) is 1. The Labute approximate surface area is 106 Å². The number of aromatic amines is 1. The zero-order valence-electron chi connectivity index (χ0n) is 10.3. The lowest BCUT2D eigenvalue weighted by Gasteiger charge is -2.09. The summed E-state index contributed by atoms with van der Waals surface area (Å²) >= 11 is 0. The van der Waals surface area contributed by atoms with Gasteiger partial charge in [-0.15, -0.1) is 0 Å². The molecule has 18 heavy (non-hydrogen) atoms. The van der Waals surface area contributed by atoms with Crippen LogP contribution in [0.15, 0.2) is 24.5 Å². The van der Waals surface area contributed by atoms with Gasteiger partial charge in [0.05, 0.1) is 12.3 Å². The summed E-state index contributed by atoms with van der Waals surface area (Å²) in [5.41, 5.74) is 6.30. The van der Waals surface area contributed by atoms with Crippen molar-refractivity contribution in [3.63, 3.8) is 0 Å². The highest BCUT2D eigenvalue weighted by molar-refractivity contribution is 5.53. The molecule has 6 nitrogen and oxygen atoms in total. The van der Waals surface area contributed by atoms with E-state index in [1.165, 1.54) is 0 Å². The van der Waals surface area contributed by atoms with E-state index in [0.29, 0.717) is 18.2 Å². The van der Waals surface area contributed by atoms with Crippen LogP contribution in [0.3, 0.4) is 0 Å². The van der Waals surface area contributed by atoms with Gasteiger partial charge in [-0.05, 0) is 19.1 Å². The molecular formula is C12H17N5O. The van der Waals surface area contributed by atoms with E-state index in [-0.39, 0.29) is 0 Å². The molecule has 0 aliphatic carbocycles. The quantitative estimate of drug-likeness (QED) is 0.718. The number of nitrogens with one attached hydrogen (secondary N) is 2. The fourth-order valence-corrected chi connectivity index (χ4v) is 1.55. The first-order valence-electron chi connectivity index (χ1n) is 5.91. The molecule has 0 saturated carbocycles. The van der Waals surface area contributed by atoms with Gasteiger partial charge in [-0.1, -0.05) is 0 Å². The van der Waals surface area contributed by atoms with Gasteiger partial charge in [-0.25, -0.2) is 4.98 Å². The van der Waals surface area contributed by atoms with Crippen LogP contribution in [-0.4, -0.2) is 28.1 Å². The number of nitrogens with zero attached hydrogens (tertiary/aromatic N) is 2. The van der Waals surface area contributed by atoms with Gasteiger partial charge in [0.1, 0.15) is 11.6 Å². The molecule has 0 saturated heterocycles. The number of ether oxygens (including phenoxy) is 1. The van der Waals surface area contributed by atoms with Gasteiger partial charge in [0.15, 0.2) is 0 Å². The van der Waals surface area contributed by atoms with Gasteiger partial charge in [-0.3, -0.25) is 0 Å².